The van der Waals surface area contributed by atoms with Crippen LogP contribution in [0.2, 0.25) is 0 Å². The van der Waals surface area contributed by atoms with Crippen LogP contribution in [0, 0.1) is 30.4 Å². The third-order valence-electron chi connectivity index (χ3n) is 8.08. The lowest BCUT2D eigenvalue weighted by Crippen LogP contribution is -2.32. The third kappa shape index (κ3) is 6.99. The van der Waals surface area contributed by atoms with Gasteiger partial charge in [0.25, 0.3) is 0 Å². The van der Waals surface area contributed by atoms with E-state index in [1.165, 1.54) is 11.1 Å². The number of piperidine rings is 1. The summed E-state index contributed by atoms with van der Waals surface area (Å²) in [5.41, 5.74) is 2.79. The Morgan fingerprint density at radius 2 is 1.85 bits per heavy atom. The van der Waals surface area contributed by atoms with Gasteiger partial charge >= 0.3 is 0 Å². The number of halogens is 3. The number of hydroxylamine groups is 2. The quantitative estimate of drug-likeness (QED) is 0.314. The van der Waals surface area contributed by atoms with Crippen molar-refractivity contribution in [1.82, 2.24) is 19.7 Å². The molecule has 1 aromatic heterocycles. The molecule has 0 spiro atoms. The third-order valence-corrected chi connectivity index (χ3v) is 8.08. The highest BCUT2D eigenvalue weighted by Gasteiger charge is 2.37. The van der Waals surface area contributed by atoms with Gasteiger partial charge in [0.1, 0.15) is 18.6 Å². The number of carbonyl (C=O) groups is 1. The fraction of sp³-hybridized carbons (Fsp3) is 0.484. The van der Waals surface area contributed by atoms with E-state index in [2.05, 4.69) is 11.9 Å². The van der Waals surface area contributed by atoms with Crippen LogP contribution in [0.5, 0.6) is 5.88 Å². The average molecular weight is 571 g/mol. The van der Waals surface area contributed by atoms with Gasteiger partial charge in [-0.25, -0.2) is 17.9 Å². The Hall–Kier alpha value is -3.21. The minimum Gasteiger partial charge on any atom is -0.476 e. The van der Waals surface area contributed by atoms with Gasteiger partial charge < -0.3 is 9.64 Å². The molecule has 2 aromatic carbocycles. The minimum absolute atomic E-state index is 0.0305. The number of hydrogen-bond donors (Lipinski definition) is 0. The van der Waals surface area contributed by atoms with Crippen molar-refractivity contribution < 1.29 is 27.5 Å². The Morgan fingerprint density at radius 1 is 1.10 bits per heavy atom. The lowest BCUT2D eigenvalue weighted by atomic mass is 9.90. The van der Waals surface area contributed by atoms with Gasteiger partial charge in [0.2, 0.25) is 5.88 Å². The number of para-hydroxylation sites is 1. The van der Waals surface area contributed by atoms with Crippen molar-refractivity contribution in [3.63, 3.8) is 0 Å². The molecule has 0 N–H and O–H groups in total. The second kappa shape index (κ2) is 13.2. The number of ether oxygens (including phenoxy) is 1. The van der Waals surface area contributed by atoms with Crippen LogP contribution in [-0.2, 0) is 16.1 Å². The van der Waals surface area contributed by atoms with Gasteiger partial charge in [-0.1, -0.05) is 24.3 Å². The van der Waals surface area contributed by atoms with Crippen molar-refractivity contribution in [3.8, 4) is 11.6 Å². The fourth-order valence-corrected chi connectivity index (χ4v) is 5.69. The summed E-state index contributed by atoms with van der Waals surface area (Å²) in [6, 6.07) is 13.2. The molecule has 220 valence electrons. The Kier molecular flexibility index (Phi) is 9.42. The summed E-state index contributed by atoms with van der Waals surface area (Å²) in [4.78, 5) is 21.7. The smallest absolute Gasteiger partial charge is 0.236 e. The molecular weight excluding hydrogens is 533 g/mol. The van der Waals surface area contributed by atoms with Gasteiger partial charge in [-0.2, -0.15) is 5.06 Å². The molecule has 2 atom stereocenters. The first-order chi connectivity index (χ1) is 19.8. The number of nitrogens with zero attached hydrogens (tertiary/aromatic N) is 4. The van der Waals surface area contributed by atoms with Gasteiger partial charge in [0, 0.05) is 30.9 Å². The largest absolute Gasteiger partial charge is 0.476 e. The number of alkyl halides is 1. The number of aromatic nitrogens is 2. The molecule has 0 unspecified atom stereocenters. The summed E-state index contributed by atoms with van der Waals surface area (Å²) in [5, 5.41) is 6.22. The first kappa shape index (κ1) is 29.3. The molecule has 0 bridgehead atoms. The van der Waals surface area contributed by atoms with Crippen LogP contribution in [-0.4, -0.2) is 72.0 Å². The van der Waals surface area contributed by atoms with Crippen molar-refractivity contribution in [2.75, 3.05) is 46.5 Å². The van der Waals surface area contributed by atoms with Gasteiger partial charge in [-0.3, -0.25) is 9.63 Å². The van der Waals surface area contributed by atoms with Gasteiger partial charge in [-0.05, 0) is 75.6 Å². The van der Waals surface area contributed by atoms with Crippen LogP contribution in [0.1, 0.15) is 42.2 Å². The second-order valence-electron chi connectivity index (χ2n) is 11.1. The first-order valence-electron chi connectivity index (χ1n) is 14.2. The number of likely N-dealkylation sites (tertiary alicyclic amines) is 1. The van der Waals surface area contributed by atoms with Gasteiger partial charge in [0.15, 0.2) is 11.6 Å². The number of benzene rings is 2. The highest BCUT2D eigenvalue weighted by Crippen LogP contribution is 2.37. The normalized spacial score (nSPS) is 20.5. The zero-order chi connectivity index (χ0) is 28.9. The molecule has 2 fully saturated rings. The summed E-state index contributed by atoms with van der Waals surface area (Å²) in [6.07, 6.45) is 1.69. The predicted molar refractivity (Wildman–Crippen MR) is 149 cm³/mol. The molecule has 0 saturated carbocycles. The molecule has 7 nitrogen and oxygen atoms in total. The first-order valence-corrected chi connectivity index (χ1v) is 14.2. The average Bonchev–Trinajstić information content (AvgIpc) is 3.50. The minimum atomic E-state index is -0.990. The summed E-state index contributed by atoms with van der Waals surface area (Å²) < 4.78 is 48.7. The maximum Gasteiger partial charge on any atom is 0.236 e. The van der Waals surface area contributed by atoms with Crippen LogP contribution in [0.3, 0.4) is 0 Å². The van der Waals surface area contributed by atoms with E-state index in [0.29, 0.717) is 30.5 Å². The number of ketones is 1. The molecule has 10 heteroatoms. The number of Topliss-reactive ketones (excluding diaryl/α,β-unsaturated/α-hetero) is 1. The molecular formula is C31H37F3N4O3. The van der Waals surface area contributed by atoms with Gasteiger partial charge in [-0.15, -0.1) is 5.10 Å². The Morgan fingerprint density at radius 3 is 2.56 bits per heavy atom. The Labute approximate surface area is 238 Å². The zero-order valence-corrected chi connectivity index (χ0v) is 23.6. The van der Waals surface area contributed by atoms with E-state index in [1.54, 1.807) is 4.68 Å². The Bertz CT molecular complexity index is 1330. The fourth-order valence-electron chi connectivity index (χ4n) is 5.69. The molecule has 0 amide bonds. The van der Waals surface area contributed by atoms with Crippen LogP contribution in [0.15, 0.2) is 48.5 Å². The SMILES string of the molecule is Cc1c(OCC2CCN(C)CC2)nn(-c2ccccc2)c1CC(=O)C[C@@H]1CN(CCF)O[C@H]1c1ccc(F)c(F)c1. The van der Waals surface area contributed by atoms with E-state index < -0.39 is 24.4 Å². The van der Waals surface area contributed by atoms with E-state index >= 15 is 0 Å². The molecule has 41 heavy (non-hydrogen) atoms. The van der Waals surface area contributed by atoms with Crippen molar-refractivity contribution >= 4 is 5.78 Å². The predicted octanol–water partition coefficient (Wildman–Crippen LogP) is 5.26. The molecule has 3 aromatic rings. The molecule has 3 heterocycles. The Balaban J connectivity index is 1.34. The molecule has 0 radical (unpaired) electrons. The van der Waals surface area contributed by atoms with E-state index in [4.69, 9.17) is 14.7 Å². The number of rotatable bonds is 11. The van der Waals surface area contributed by atoms with Crippen LogP contribution >= 0.6 is 0 Å². The lowest BCUT2D eigenvalue weighted by Gasteiger charge is -2.28. The molecule has 2 saturated heterocycles. The van der Waals surface area contributed by atoms with Gasteiger partial charge in [0.05, 0.1) is 24.5 Å². The standard InChI is InChI=1S/C31H37F3N4O3/c1-21-29(38(25-6-4-3-5-7-25)35-31(21)40-20-22-10-13-36(2)14-11-22)18-26(39)16-24-19-37(15-12-32)41-30(24)23-8-9-27(33)28(34)17-23/h3-9,17,22,24,30H,10-16,18-20H2,1-2H3/t24-,30+/m1/s1. The topological polar surface area (TPSA) is 59.8 Å². The lowest BCUT2D eigenvalue weighted by molar-refractivity contribution is -0.151. The van der Waals surface area contributed by atoms with Crippen LogP contribution < -0.4 is 4.74 Å². The van der Waals surface area contributed by atoms with E-state index in [1.807, 2.05) is 37.3 Å². The van der Waals surface area contributed by atoms with E-state index in [-0.39, 0.29) is 31.1 Å². The maximum atomic E-state index is 14.0. The second-order valence-corrected chi connectivity index (χ2v) is 11.1. The maximum absolute atomic E-state index is 14.0. The molecule has 5 rings (SSSR count). The molecule has 2 aliphatic rings. The zero-order valence-electron chi connectivity index (χ0n) is 23.6. The van der Waals surface area contributed by atoms with Crippen LogP contribution in [0.4, 0.5) is 13.2 Å². The highest BCUT2D eigenvalue weighted by molar-refractivity contribution is 5.81. The van der Waals surface area contributed by atoms with Crippen molar-refractivity contribution in [2.45, 2.75) is 38.7 Å². The summed E-state index contributed by atoms with van der Waals surface area (Å²) in [7, 11) is 2.13. The summed E-state index contributed by atoms with van der Waals surface area (Å²) in [5.74, 6) is -1.38. The van der Waals surface area contributed by atoms with E-state index in [0.717, 1.165) is 55.0 Å². The van der Waals surface area contributed by atoms with E-state index in [9.17, 15) is 18.0 Å². The highest BCUT2D eigenvalue weighted by atomic mass is 19.2. The van der Waals surface area contributed by atoms with Crippen molar-refractivity contribution in [2.24, 2.45) is 11.8 Å². The monoisotopic (exact) mass is 570 g/mol. The van der Waals surface area contributed by atoms with Crippen molar-refractivity contribution in [3.05, 3.63) is 77.0 Å². The number of hydrogen-bond acceptors (Lipinski definition) is 6. The summed E-state index contributed by atoms with van der Waals surface area (Å²) >= 11 is 0. The van der Waals surface area contributed by atoms with Crippen molar-refractivity contribution in [1.29, 1.82) is 0 Å². The molecule has 0 aliphatic carbocycles. The van der Waals surface area contributed by atoms with Crippen LogP contribution in [0.25, 0.3) is 5.69 Å². The summed E-state index contributed by atoms with van der Waals surface area (Å²) in [6.45, 7) is 4.30. The number of carbonyl (C=O) groups excluding carboxylic acids is 1. The molecule has 2 aliphatic heterocycles.